The smallest absolute Gasteiger partial charge is 0.164 e. The van der Waals surface area contributed by atoms with Crippen molar-refractivity contribution >= 4 is 13.3 Å². The highest BCUT2D eigenvalue weighted by atomic mass is 31.1. The van der Waals surface area contributed by atoms with Crippen molar-refractivity contribution in [3.05, 3.63) is 30.3 Å². The van der Waals surface area contributed by atoms with E-state index >= 15 is 0 Å². The van der Waals surface area contributed by atoms with Crippen LogP contribution in [0.15, 0.2) is 30.3 Å². The van der Waals surface area contributed by atoms with E-state index in [1.54, 1.807) is 24.3 Å². The van der Waals surface area contributed by atoms with Crippen molar-refractivity contribution in [2.45, 2.75) is 0 Å². The van der Waals surface area contributed by atoms with E-state index in [2.05, 4.69) is 4.62 Å². The first-order valence-corrected chi connectivity index (χ1v) is 3.91. The lowest BCUT2D eigenvalue weighted by Crippen LogP contribution is -1.99. The normalized spacial score (nSPS) is 11.1. The molecule has 52 valence electrons. The zero-order valence-electron chi connectivity index (χ0n) is 5.23. The molecule has 0 aliphatic carbocycles. The maximum Gasteiger partial charge on any atom is 0.567 e. The fourth-order valence-corrected chi connectivity index (χ4v) is 1.15. The third kappa shape index (κ3) is 1.61. The van der Waals surface area contributed by atoms with Crippen molar-refractivity contribution in [3.63, 3.8) is 0 Å². The van der Waals surface area contributed by atoms with Crippen molar-refractivity contribution in [2.24, 2.45) is 5.90 Å². The number of benzene rings is 1. The Kier molecular flexibility index (Phi) is 2.51. The van der Waals surface area contributed by atoms with Crippen molar-refractivity contribution in [1.82, 2.24) is 0 Å². The maximum atomic E-state index is 10.8. The van der Waals surface area contributed by atoms with Gasteiger partial charge in [0.25, 0.3) is 0 Å². The van der Waals surface area contributed by atoms with Crippen molar-refractivity contribution in [3.8, 4) is 0 Å². The second kappa shape index (κ2) is 3.42. The highest BCUT2D eigenvalue weighted by Gasteiger charge is 2.18. The van der Waals surface area contributed by atoms with Gasteiger partial charge in [-0.05, 0) is 21.3 Å². The summed E-state index contributed by atoms with van der Waals surface area (Å²) in [5.41, 5.74) is 0. The molecule has 4 heteroatoms. The van der Waals surface area contributed by atoms with Crippen LogP contribution in [0.4, 0.5) is 0 Å². The summed E-state index contributed by atoms with van der Waals surface area (Å²) in [7, 11) is -1.85. The van der Waals surface area contributed by atoms with Gasteiger partial charge in [-0.3, -0.25) is 0 Å². The summed E-state index contributed by atoms with van der Waals surface area (Å²) in [5.74, 6) is 4.72. The number of hydrogen-bond acceptors (Lipinski definition) is 3. The van der Waals surface area contributed by atoms with Crippen LogP contribution in [0.1, 0.15) is 0 Å². The van der Waals surface area contributed by atoms with E-state index in [4.69, 9.17) is 5.90 Å². The standard InChI is InChI=1S/C6H7NO2P/c7-9-10(8)6-4-2-1-3-5-6/h1-5H,7H2/q+1. The maximum absolute atomic E-state index is 10.8. The third-order valence-electron chi connectivity index (χ3n) is 1.06. The Morgan fingerprint density at radius 2 is 1.90 bits per heavy atom. The highest BCUT2D eigenvalue weighted by Crippen LogP contribution is 2.16. The average molecular weight is 156 g/mol. The fraction of sp³-hybridized carbons (Fsp3) is 0. The predicted octanol–water partition coefficient (Wildman–Crippen LogP) is 0.945. The first-order valence-electron chi connectivity index (χ1n) is 2.74. The summed E-state index contributed by atoms with van der Waals surface area (Å²) < 4.78 is 15.0. The van der Waals surface area contributed by atoms with E-state index in [1.165, 1.54) is 0 Å². The minimum absolute atomic E-state index is 0.611. The SMILES string of the molecule is NO[P+](=O)c1ccccc1. The van der Waals surface area contributed by atoms with Crippen LogP contribution >= 0.6 is 8.03 Å². The van der Waals surface area contributed by atoms with Gasteiger partial charge >= 0.3 is 8.03 Å². The Hall–Kier alpha value is -0.760. The van der Waals surface area contributed by atoms with Gasteiger partial charge in [0.1, 0.15) is 0 Å². The fourth-order valence-electron chi connectivity index (χ4n) is 0.611. The van der Waals surface area contributed by atoms with Gasteiger partial charge in [0, 0.05) is 0 Å². The second-order valence-corrected chi connectivity index (χ2v) is 2.94. The molecular weight excluding hydrogens is 149 g/mol. The molecule has 1 aromatic carbocycles. The molecule has 1 unspecified atom stereocenters. The van der Waals surface area contributed by atoms with Crippen molar-refractivity contribution in [1.29, 1.82) is 0 Å². The van der Waals surface area contributed by atoms with Crippen LogP contribution in [0, 0.1) is 0 Å². The lowest BCUT2D eigenvalue weighted by Gasteiger charge is -1.80. The molecule has 10 heavy (non-hydrogen) atoms. The van der Waals surface area contributed by atoms with Crippen LogP contribution in [0.25, 0.3) is 0 Å². The van der Waals surface area contributed by atoms with Crippen LogP contribution < -0.4 is 11.2 Å². The van der Waals surface area contributed by atoms with Crippen molar-refractivity contribution < 1.29 is 9.19 Å². The summed E-state index contributed by atoms with van der Waals surface area (Å²) in [5, 5.41) is 0.611. The quantitative estimate of drug-likeness (QED) is 0.512. The lowest BCUT2D eigenvalue weighted by atomic mass is 10.4. The molecule has 0 radical (unpaired) electrons. The molecule has 0 heterocycles. The van der Waals surface area contributed by atoms with E-state index in [0.29, 0.717) is 5.30 Å². The van der Waals surface area contributed by atoms with Crippen LogP contribution in [0.5, 0.6) is 0 Å². The van der Waals surface area contributed by atoms with Crippen LogP contribution in [-0.2, 0) is 9.19 Å². The molecule has 0 aliphatic heterocycles. The summed E-state index contributed by atoms with van der Waals surface area (Å²) in [6.07, 6.45) is 0. The average Bonchev–Trinajstić information content (AvgIpc) is 2.05. The molecule has 1 aromatic rings. The Labute approximate surface area is 59.6 Å². The van der Waals surface area contributed by atoms with Gasteiger partial charge in [0.05, 0.1) is 0 Å². The number of rotatable bonds is 2. The largest absolute Gasteiger partial charge is 0.567 e. The predicted molar refractivity (Wildman–Crippen MR) is 39.0 cm³/mol. The zero-order valence-corrected chi connectivity index (χ0v) is 6.12. The number of hydrogen-bond donors (Lipinski definition) is 1. The summed E-state index contributed by atoms with van der Waals surface area (Å²) >= 11 is 0. The molecule has 3 nitrogen and oxygen atoms in total. The van der Waals surface area contributed by atoms with Gasteiger partial charge < -0.3 is 0 Å². The summed E-state index contributed by atoms with van der Waals surface area (Å²) in [6, 6.07) is 8.80. The van der Waals surface area contributed by atoms with Crippen LogP contribution in [0.2, 0.25) is 0 Å². The van der Waals surface area contributed by atoms with E-state index in [-0.39, 0.29) is 0 Å². The molecule has 1 atom stereocenters. The minimum atomic E-state index is -1.85. The van der Waals surface area contributed by atoms with E-state index in [0.717, 1.165) is 0 Å². The van der Waals surface area contributed by atoms with Gasteiger partial charge in [0.15, 0.2) is 0 Å². The molecular formula is C6H7NO2P+. The van der Waals surface area contributed by atoms with E-state index in [1.807, 2.05) is 6.07 Å². The lowest BCUT2D eigenvalue weighted by molar-refractivity contribution is 0.352. The van der Waals surface area contributed by atoms with Crippen LogP contribution in [0.3, 0.4) is 0 Å². The van der Waals surface area contributed by atoms with E-state index < -0.39 is 8.03 Å². The monoisotopic (exact) mass is 156 g/mol. The van der Waals surface area contributed by atoms with Gasteiger partial charge in [-0.15, -0.1) is 0 Å². The molecule has 0 saturated heterocycles. The molecule has 1 rings (SSSR count). The molecule has 0 bridgehead atoms. The Morgan fingerprint density at radius 1 is 1.30 bits per heavy atom. The molecule has 2 N–H and O–H groups in total. The first-order chi connectivity index (χ1) is 4.84. The summed E-state index contributed by atoms with van der Waals surface area (Å²) in [6.45, 7) is 0. The topological polar surface area (TPSA) is 52.3 Å². The van der Waals surface area contributed by atoms with E-state index in [9.17, 15) is 4.57 Å². The zero-order chi connectivity index (χ0) is 7.40. The highest BCUT2D eigenvalue weighted by molar-refractivity contribution is 7.48. The Bertz CT molecular complexity index is 224. The van der Waals surface area contributed by atoms with Gasteiger partial charge in [-0.25, -0.2) is 0 Å². The molecule has 0 amide bonds. The second-order valence-electron chi connectivity index (χ2n) is 1.70. The Balaban J connectivity index is 2.85. The molecule has 0 spiro atoms. The third-order valence-corrected chi connectivity index (χ3v) is 1.97. The van der Waals surface area contributed by atoms with Gasteiger partial charge in [-0.1, -0.05) is 18.2 Å². The first kappa shape index (κ1) is 7.35. The molecule has 0 fully saturated rings. The molecule has 0 aromatic heterocycles. The molecule has 0 aliphatic rings. The van der Waals surface area contributed by atoms with Gasteiger partial charge in [-0.2, -0.15) is 5.90 Å². The molecule has 0 saturated carbocycles. The minimum Gasteiger partial charge on any atom is -0.164 e. The van der Waals surface area contributed by atoms with Crippen molar-refractivity contribution in [2.75, 3.05) is 0 Å². The number of nitrogens with two attached hydrogens (primary N) is 1. The van der Waals surface area contributed by atoms with Crippen LogP contribution in [-0.4, -0.2) is 0 Å². The summed E-state index contributed by atoms with van der Waals surface area (Å²) in [4.78, 5) is 0. The Morgan fingerprint density at radius 3 is 2.40 bits per heavy atom. The van der Waals surface area contributed by atoms with Gasteiger partial charge in [0.2, 0.25) is 5.30 Å².